The highest BCUT2D eigenvalue weighted by molar-refractivity contribution is 5.81. The van der Waals surface area contributed by atoms with E-state index in [0.717, 1.165) is 44.1 Å². The minimum absolute atomic E-state index is 0.101. The molecule has 0 bridgehead atoms. The smallest absolute Gasteiger partial charge is 0.263 e. The molecule has 2 rings (SSSR count). The van der Waals surface area contributed by atoms with Crippen LogP contribution >= 0.6 is 0 Å². The van der Waals surface area contributed by atoms with Crippen molar-refractivity contribution >= 4 is 5.91 Å². The van der Waals surface area contributed by atoms with Crippen molar-refractivity contribution in [3.63, 3.8) is 0 Å². The summed E-state index contributed by atoms with van der Waals surface area (Å²) in [4.78, 5) is 17.4. The van der Waals surface area contributed by atoms with E-state index in [0.29, 0.717) is 18.4 Å². The first-order chi connectivity index (χ1) is 12.5. The average molecular weight is 363 g/mol. The number of carbonyl (C=O) groups excluding carboxylic acids is 1. The van der Waals surface area contributed by atoms with E-state index in [1.165, 1.54) is 0 Å². The zero-order valence-corrected chi connectivity index (χ0v) is 16.9. The number of nitrogens with zero attached hydrogens (tertiary/aromatic N) is 2. The van der Waals surface area contributed by atoms with Gasteiger partial charge in [-0.3, -0.25) is 9.69 Å². The summed E-state index contributed by atoms with van der Waals surface area (Å²) in [6.45, 7) is 12.5. The number of ether oxygens (including phenoxy) is 2. The maximum Gasteiger partial charge on any atom is 0.263 e. The number of piperazine rings is 1. The molecular formula is C21H34N2O3. The highest BCUT2D eigenvalue weighted by atomic mass is 16.5. The number of amides is 1. The lowest BCUT2D eigenvalue weighted by Gasteiger charge is -2.40. The third kappa shape index (κ3) is 5.21. The topological polar surface area (TPSA) is 42.0 Å². The van der Waals surface area contributed by atoms with E-state index in [2.05, 4.69) is 31.7 Å². The maximum atomic E-state index is 13.0. The first kappa shape index (κ1) is 20.7. The fourth-order valence-electron chi connectivity index (χ4n) is 3.47. The number of rotatable bonds is 8. The standard InChI is InChI=1S/C21H34N2O3/c1-6-19(26-20-10-8-7-9-18(20)16(2)3)21(24)23-12-11-22(13-14-25-5)17(4)15-23/h7-10,16-17,19H,6,11-15H2,1-5H3. The largest absolute Gasteiger partial charge is 0.480 e. The van der Waals surface area contributed by atoms with Crippen molar-refractivity contribution in [3.05, 3.63) is 29.8 Å². The molecule has 2 atom stereocenters. The molecule has 1 saturated heterocycles. The molecule has 0 spiro atoms. The van der Waals surface area contributed by atoms with Crippen molar-refractivity contribution in [1.29, 1.82) is 0 Å². The highest BCUT2D eigenvalue weighted by Gasteiger charge is 2.31. The Morgan fingerprint density at radius 3 is 2.62 bits per heavy atom. The predicted molar refractivity (Wildman–Crippen MR) is 105 cm³/mol. The number of hydrogen-bond acceptors (Lipinski definition) is 4. The van der Waals surface area contributed by atoms with E-state index < -0.39 is 6.10 Å². The zero-order chi connectivity index (χ0) is 19.1. The normalized spacial score (nSPS) is 19.6. The van der Waals surface area contributed by atoms with Gasteiger partial charge < -0.3 is 14.4 Å². The lowest BCUT2D eigenvalue weighted by atomic mass is 10.0. The van der Waals surface area contributed by atoms with Crippen molar-refractivity contribution < 1.29 is 14.3 Å². The van der Waals surface area contributed by atoms with Crippen LogP contribution < -0.4 is 4.74 Å². The molecule has 1 aromatic rings. The molecule has 1 amide bonds. The Bertz CT molecular complexity index is 576. The van der Waals surface area contributed by atoms with Crippen LogP contribution in [-0.4, -0.2) is 67.7 Å². The summed E-state index contributed by atoms with van der Waals surface area (Å²) < 4.78 is 11.4. The Labute approximate surface area is 158 Å². The Morgan fingerprint density at radius 1 is 1.27 bits per heavy atom. The second-order valence-corrected chi connectivity index (χ2v) is 7.37. The third-order valence-electron chi connectivity index (χ3n) is 5.12. The van der Waals surface area contributed by atoms with Crippen LogP contribution in [0.2, 0.25) is 0 Å². The van der Waals surface area contributed by atoms with E-state index in [-0.39, 0.29) is 5.91 Å². The monoisotopic (exact) mass is 362 g/mol. The number of benzene rings is 1. The summed E-state index contributed by atoms with van der Waals surface area (Å²) in [5, 5.41) is 0. The van der Waals surface area contributed by atoms with Gasteiger partial charge in [0.25, 0.3) is 5.91 Å². The van der Waals surface area contributed by atoms with Crippen LogP contribution in [0.25, 0.3) is 0 Å². The van der Waals surface area contributed by atoms with Gasteiger partial charge in [-0.25, -0.2) is 0 Å². The van der Waals surface area contributed by atoms with Gasteiger partial charge in [-0.05, 0) is 30.9 Å². The molecule has 146 valence electrons. The van der Waals surface area contributed by atoms with Crippen molar-refractivity contribution in [2.75, 3.05) is 39.9 Å². The van der Waals surface area contributed by atoms with Crippen LogP contribution in [0.15, 0.2) is 24.3 Å². The van der Waals surface area contributed by atoms with E-state index in [9.17, 15) is 4.79 Å². The van der Waals surface area contributed by atoms with Crippen LogP contribution in [0.1, 0.15) is 45.6 Å². The Balaban J connectivity index is 2.01. The van der Waals surface area contributed by atoms with Gasteiger partial charge in [0, 0.05) is 39.3 Å². The third-order valence-corrected chi connectivity index (χ3v) is 5.12. The number of hydrogen-bond donors (Lipinski definition) is 0. The summed E-state index contributed by atoms with van der Waals surface area (Å²) in [7, 11) is 1.72. The molecule has 1 fully saturated rings. The minimum atomic E-state index is -0.423. The zero-order valence-electron chi connectivity index (χ0n) is 16.9. The minimum Gasteiger partial charge on any atom is -0.480 e. The first-order valence-corrected chi connectivity index (χ1v) is 9.75. The first-order valence-electron chi connectivity index (χ1n) is 9.75. The molecule has 26 heavy (non-hydrogen) atoms. The Kier molecular flexibility index (Phi) is 7.91. The fraction of sp³-hybridized carbons (Fsp3) is 0.667. The molecule has 0 aromatic heterocycles. The highest BCUT2D eigenvalue weighted by Crippen LogP contribution is 2.27. The lowest BCUT2D eigenvalue weighted by molar-refractivity contribution is -0.141. The van der Waals surface area contributed by atoms with E-state index in [4.69, 9.17) is 9.47 Å². The van der Waals surface area contributed by atoms with Gasteiger partial charge in [0.05, 0.1) is 6.61 Å². The van der Waals surface area contributed by atoms with Crippen LogP contribution in [0, 0.1) is 0 Å². The van der Waals surface area contributed by atoms with Crippen molar-refractivity contribution in [2.24, 2.45) is 0 Å². The van der Waals surface area contributed by atoms with Gasteiger partial charge in [0.15, 0.2) is 6.10 Å². The van der Waals surface area contributed by atoms with Crippen molar-refractivity contribution in [1.82, 2.24) is 9.80 Å². The molecule has 1 heterocycles. The molecule has 1 aromatic carbocycles. The number of methoxy groups -OCH3 is 1. The second kappa shape index (κ2) is 9.93. The van der Waals surface area contributed by atoms with Crippen LogP contribution in [0.5, 0.6) is 5.75 Å². The molecule has 0 saturated carbocycles. The summed E-state index contributed by atoms with van der Waals surface area (Å²) in [5.74, 6) is 1.29. The van der Waals surface area contributed by atoms with E-state index in [1.807, 2.05) is 30.0 Å². The molecule has 0 radical (unpaired) electrons. The second-order valence-electron chi connectivity index (χ2n) is 7.37. The molecule has 1 aliphatic heterocycles. The Morgan fingerprint density at radius 2 is 2.00 bits per heavy atom. The van der Waals surface area contributed by atoms with Crippen LogP contribution in [0.3, 0.4) is 0 Å². The van der Waals surface area contributed by atoms with E-state index in [1.54, 1.807) is 7.11 Å². The van der Waals surface area contributed by atoms with Gasteiger partial charge in [0.2, 0.25) is 0 Å². The number of para-hydroxylation sites is 1. The van der Waals surface area contributed by atoms with Crippen LogP contribution in [-0.2, 0) is 9.53 Å². The van der Waals surface area contributed by atoms with Crippen molar-refractivity contribution in [2.45, 2.75) is 52.2 Å². The maximum absolute atomic E-state index is 13.0. The number of carbonyl (C=O) groups is 1. The summed E-state index contributed by atoms with van der Waals surface area (Å²) in [5.41, 5.74) is 1.15. The summed E-state index contributed by atoms with van der Waals surface area (Å²) in [6.07, 6.45) is 0.247. The van der Waals surface area contributed by atoms with Gasteiger partial charge in [-0.15, -0.1) is 0 Å². The van der Waals surface area contributed by atoms with Crippen molar-refractivity contribution in [3.8, 4) is 5.75 Å². The molecule has 2 unspecified atom stereocenters. The van der Waals surface area contributed by atoms with E-state index >= 15 is 0 Å². The molecule has 0 aliphatic carbocycles. The molecule has 1 aliphatic rings. The molecular weight excluding hydrogens is 328 g/mol. The molecule has 5 nitrogen and oxygen atoms in total. The summed E-state index contributed by atoms with van der Waals surface area (Å²) in [6, 6.07) is 8.37. The van der Waals surface area contributed by atoms with Gasteiger partial charge >= 0.3 is 0 Å². The van der Waals surface area contributed by atoms with Crippen LogP contribution in [0.4, 0.5) is 0 Å². The van der Waals surface area contributed by atoms with Gasteiger partial charge in [0.1, 0.15) is 5.75 Å². The molecule has 0 N–H and O–H groups in total. The SMILES string of the molecule is CCC(Oc1ccccc1C(C)C)C(=O)N1CCN(CCOC)C(C)C1. The lowest BCUT2D eigenvalue weighted by Crippen LogP contribution is -2.56. The fourth-order valence-corrected chi connectivity index (χ4v) is 3.47. The average Bonchev–Trinajstić information content (AvgIpc) is 2.64. The predicted octanol–water partition coefficient (Wildman–Crippen LogP) is 3.15. The van der Waals surface area contributed by atoms with Gasteiger partial charge in [-0.1, -0.05) is 39.0 Å². The molecule has 5 heteroatoms. The summed E-state index contributed by atoms with van der Waals surface area (Å²) >= 11 is 0. The Hall–Kier alpha value is -1.59. The van der Waals surface area contributed by atoms with Gasteiger partial charge in [-0.2, -0.15) is 0 Å². The quantitative estimate of drug-likeness (QED) is 0.712.